The van der Waals surface area contributed by atoms with Crippen LogP contribution in [0.3, 0.4) is 0 Å². The molecule has 10 nitrogen and oxygen atoms in total. The third-order valence-corrected chi connectivity index (χ3v) is 4.83. The molecule has 0 aliphatic carbocycles. The summed E-state index contributed by atoms with van der Waals surface area (Å²) in [7, 11) is 0. The van der Waals surface area contributed by atoms with Crippen LogP contribution in [0, 0.1) is 0 Å². The van der Waals surface area contributed by atoms with E-state index in [0.717, 1.165) is 5.56 Å². The molecule has 4 N–H and O–H groups in total. The minimum Gasteiger partial charge on any atom is -0.480 e. The Morgan fingerprint density at radius 2 is 1.94 bits per heavy atom. The molecule has 0 saturated carbocycles. The first-order valence-corrected chi connectivity index (χ1v) is 10.1. The number of hydrogen-bond donors (Lipinski definition) is 3. The van der Waals surface area contributed by atoms with Crippen LogP contribution in [0.1, 0.15) is 18.9 Å². The van der Waals surface area contributed by atoms with Crippen molar-refractivity contribution in [1.82, 2.24) is 14.9 Å². The summed E-state index contributed by atoms with van der Waals surface area (Å²) in [6, 6.07) is 6.85. The average molecular weight is 481 g/mol. The molecule has 170 valence electrons. The van der Waals surface area contributed by atoms with Gasteiger partial charge in [-0.15, -0.1) is 0 Å². The van der Waals surface area contributed by atoms with Gasteiger partial charge < -0.3 is 25.6 Å². The highest BCUT2D eigenvalue weighted by Gasteiger charge is 2.34. The first-order chi connectivity index (χ1) is 15.1. The van der Waals surface area contributed by atoms with Gasteiger partial charge in [-0.3, -0.25) is 9.59 Å². The van der Waals surface area contributed by atoms with E-state index in [-0.39, 0.29) is 17.6 Å². The molecule has 1 aliphatic heterocycles. The van der Waals surface area contributed by atoms with E-state index in [0.29, 0.717) is 29.5 Å². The van der Waals surface area contributed by atoms with Gasteiger partial charge in [0, 0.05) is 30.5 Å². The molecular weight excluding hydrogens is 460 g/mol. The quantitative estimate of drug-likeness (QED) is 0.412. The predicted octanol–water partition coefficient (Wildman–Crippen LogP) is 1.94. The zero-order valence-electron chi connectivity index (χ0n) is 17.0. The number of hydrogen-bond acceptors (Lipinski definition) is 8. The van der Waals surface area contributed by atoms with Crippen molar-refractivity contribution in [2.24, 2.45) is 5.73 Å². The lowest BCUT2D eigenvalue weighted by Gasteiger charge is -2.18. The van der Waals surface area contributed by atoms with Crippen LogP contribution in [0.15, 0.2) is 36.5 Å². The van der Waals surface area contributed by atoms with Crippen molar-refractivity contribution in [3.05, 3.63) is 47.4 Å². The molecule has 2 aromatic rings. The van der Waals surface area contributed by atoms with Crippen molar-refractivity contribution in [2.75, 3.05) is 6.54 Å². The predicted molar refractivity (Wildman–Crippen MR) is 119 cm³/mol. The van der Waals surface area contributed by atoms with Gasteiger partial charge in [0.15, 0.2) is 0 Å². The van der Waals surface area contributed by atoms with E-state index in [1.165, 1.54) is 18.0 Å². The fraction of sp³-hybridized carbons (Fsp3) is 0.300. The Morgan fingerprint density at radius 1 is 1.28 bits per heavy atom. The third-order valence-electron chi connectivity index (χ3n) is 4.35. The Hall–Kier alpha value is -3.15. The highest BCUT2D eigenvalue weighted by molar-refractivity contribution is 7.80. The van der Waals surface area contributed by atoms with Crippen LogP contribution in [0.4, 0.5) is 0 Å². The van der Waals surface area contributed by atoms with Gasteiger partial charge in [0.1, 0.15) is 17.8 Å². The van der Waals surface area contributed by atoms with E-state index in [9.17, 15) is 14.4 Å². The molecule has 32 heavy (non-hydrogen) atoms. The number of likely N-dealkylation sites (tertiary alicyclic amines) is 1. The molecule has 1 fully saturated rings. The number of nitrogens with two attached hydrogens (primary N) is 1. The van der Waals surface area contributed by atoms with Crippen molar-refractivity contribution in [1.29, 1.82) is 0 Å². The van der Waals surface area contributed by atoms with Crippen LogP contribution in [-0.2, 0) is 20.8 Å². The van der Waals surface area contributed by atoms with E-state index in [1.807, 2.05) is 0 Å². The fourth-order valence-electron chi connectivity index (χ4n) is 2.77. The molecule has 0 radical (unpaired) electrons. The third kappa shape index (κ3) is 7.52. The monoisotopic (exact) mass is 480 g/mol. The van der Waals surface area contributed by atoms with Crippen LogP contribution in [0.5, 0.6) is 11.6 Å². The standard InChI is InChI=1S/C13H12ClN3O3.C7H9NO3S/c14-13-16-6-5-11(17-13)20-9-3-1-8(2-4-9)7-10(15)12(18)19;1-4(9)8-3-5(12)2-6(8)7(10)11/h1-6,10H,7,15H2,(H,18,19);6H,2-3H2,1H3,(H,10,11)/t10-;6-/m00/s1. The maximum atomic E-state index is 10.9. The van der Waals surface area contributed by atoms with E-state index < -0.39 is 24.0 Å². The Morgan fingerprint density at radius 3 is 2.44 bits per heavy atom. The molecule has 3 rings (SSSR count). The molecular formula is C20H21ClN4O6S. The number of thiocarbonyl (C=S) groups is 1. The van der Waals surface area contributed by atoms with Gasteiger partial charge in [-0.05, 0) is 35.7 Å². The average Bonchev–Trinajstić information content (AvgIpc) is 3.12. The Labute approximate surface area is 194 Å². The van der Waals surface area contributed by atoms with Crippen molar-refractivity contribution in [2.45, 2.75) is 31.8 Å². The Bertz CT molecular complexity index is 980. The fourth-order valence-corrected chi connectivity index (χ4v) is 3.21. The largest absolute Gasteiger partial charge is 0.480 e. The maximum absolute atomic E-state index is 10.9. The van der Waals surface area contributed by atoms with Gasteiger partial charge in [-0.1, -0.05) is 24.4 Å². The summed E-state index contributed by atoms with van der Waals surface area (Å²) in [4.78, 5) is 41.8. The molecule has 0 unspecified atom stereocenters. The molecule has 1 aliphatic rings. The minimum absolute atomic E-state index is 0.103. The molecule has 1 aromatic carbocycles. The summed E-state index contributed by atoms with van der Waals surface area (Å²) in [5.74, 6) is -1.35. The van der Waals surface area contributed by atoms with Gasteiger partial charge in [0.05, 0.1) is 6.54 Å². The summed E-state index contributed by atoms with van der Waals surface area (Å²) in [5.41, 5.74) is 6.28. The molecule has 2 atom stereocenters. The summed E-state index contributed by atoms with van der Waals surface area (Å²) < 4.78 is 5.48. The van der Waals surface area contributed by atoms with E-state index in [2.05, 4.69) is 9.97 Å². The van der Waals surface area contributed by atoms with Crippen LogP contribution in [-0.4, -0.2) is 66.4 Å². The lowest BCUT2D eigenvalue weighted by Crippen LogP contribution is -2.39. The SMILES string of the molecule is CC(=O)N1CC(=S)C[C@H]1C(=O)O.N[C@@H](Cc1ccc(Oc2ccnc(Cl)n2)cc1)C(=O)O. The number of carbonyl (C=O) groups is 3. The molecule has 0 bridgehead atoms. The lowest BCUT2D eigenvalue weighted by atomic mass is 10.1. The lowest BCUT2D eigenvalue weighted by molar-refractivity contribution is -0.147. The number of carbonyl (C=O) groups excluding carboxylic acids is 1. The Kier molecular flexibility index (Phi) is 9.00. The van der Waals surface area contributed by atoms with E-state index in [4.69, 9.17) is 44.5 Å². The molecule has 2 heterocycles. The van der Waals surface area contributed by atoms with E-state index in [1.54, 1.807) is 30.3 Å². The first-order valence-electron chi connectivity index (χ1n) is 9.32. The normalized spacial score (nSPS) is 16.0. The summed E-state index contributed by atoms with van der Waals surface area (Å²) >= 11 is 10.5. The van der Waals surface area contributed by atoms with Crippen molar-refractivity contribution in [3.63, 3.8) is 0 Å². The van der Waals surface area contributed by atoms with Gasteiger partial charge in [0.25, 0.3) is 0 Å². The Balaban J connectivity index is 0.000000258. The molecule has 1 amide bonds. The number of nitrogens with zero attached hydrogens (tertiary/aromatic N) is 3. The number of aliphatic carboxylic acids is 2. The summed E-state index contributed by atoms with van der Waals surface area (Å²) in [5, 5.41) is 17.5. The summed E-state index contributed by atoms with van der Waals surface area (Å²) in [6.07, 6.45) is 2.06. The van der Waals surface area contributed by atoms with Crippen molar-refractivity contribution >= 4 is 46.5 Å². The molecule has 1 saturated heterocycles. The smallest absolute Gasteiger partial charge is 0.326 e. The number of carboxylic acid groups (broad SMARTS) is 2. The number of amides is 1. The number of ether oxygens (including phenoxy) is 1. The first kappa shape index (κ1) is 25.1. The highest BCUT2D eigenvalue weighted by atomic mass is 35.5. The highest BCUT2D eigenvalue weighted by Crippen LogP contribution is 2.20. The topological polar surface area (TPSA) is 156 Å². The zero-order valence-corrected chi connectivity index (χ0v) is 18.5. The second-order valence-electron chi connectivity index (χ2n) is 6.80. The number of benzene rings is 1. The van der Waals surface area contributed by atoms with Crippen LogP contribution >= 0.6 is 23.8 Å². The molecule has 12 heteroatoms. The molecule has 1 aromatic heterocycles. The number of aromatic nitrogens is 2. The van der Waals surface area contributed by atoms with Crippen LogP contribution in [0.25, 0.3) is 0 Å². The van der Waals surface area contributed by atoms with Gasteiger partial charge in [0.2, 0.25) is 17.1 Å². The minimum atomic E-state index is -1.03. The second-order valence-corrected chi connectivity index (χ2v) is 7.72. The van der Waals surface area contributed by atoms with Gasteiger partial charge in [-0.25, -0.2) is 9.78 Å². The van der Waals surface area contributed by atoms with E-state index >= 15 is 0 Å². The van der Waals surface area contributed by atoms with Gasteiger partial charge in [-0.2, -0.15) is 4.98 Å². The van der Waals surface area contributed by atoms with Crippen molar-refractivity contribution < 1.29 is 29.3 Å². The van der Waals surface area contributed by atoms with Gasteiger partial charge >= 0.3 is 11.9 Å². The summed E-state index contributed by atoms with van der Waals surface area (Å²) in [6.45, 7) is 1.66. The van der Waals surface area contributed by atoms with Crippen molar-refractivity contribution in [3.8, 4) is 11.6 Å². The van der Waals surface area contributed by atoms with Crippen LogP contribution in [0.2, 0.25) is 5.28 Å². The van der Waals surface area contributed by atoms with Crippen LogP contribution < -0.4 is 10.5 Å². The maximum Gasteiger partial charge on any atom is 0.326 e. The zero-order chi connectivity index (χ0) is 23.8. The number of carboxylic acids is 2. The second kappa shape index (κ2) is 11.5. The molecule has 0 spiro atoms. The number of rotatable bonds is 6. The number of halogens is 1.